The summed E-state index contributed by atoms with van der Waals surface area (Å²) in [5.41, 5.74) is -0.117. The second-order valence-corrected chi connectivity index (χ2v) is 6.30. The fourth-order valence-corrected chi connectivity index (χ4v) is 3.08. The normalized spacial score (nSPS) is 20.9. The van der Waals surface area contributed by atoms with Crippen LogP contribution in [-0.4, -0.2) is 63.3 Å². The Morgan fingerprint density at radius 2 is 2.33 bits per heavy atom. The highest BCUT2D eigenvalue weighted by Crippen LogP contribution is 2.26. The predicted molar refractivity (Wildman–Crippen MR) is 86.6 cm³/mol. The fraction of sp³-hybridized carbons (Fsp3) is 0.500. The molecule has 1 fully saturated rings. The molecule has 3 heterocycles. The number of carbonyl (C=O) groups excluding carboxylic acids is 1. The van der Waals surface area contributed by atoms with Crippen molar-refractivity contribution in [2.75, 3.05) is 31.6 Å². The minimum atomic E-state index is -0.998. The first kappa shape index (κ1) is 16.4. The molecule has 0 radical (unpaired) electrons. The van der Waals surface area contributed by atoms with Crippen LogP contribution in [0.5, 0.6) is 0 Å². The number of rotatable bonds is 4. The number of aliphatic hydroxyl groups is 1. The topological polar surface area (TPSA) is 95.6 Å². The van der Waals surface area contributed by atoms with E-state index < -0.39 is 5.60 Å². The lowest BCUT2D eigenvalue weighted by atomic mass is 9.92. The van der Waals surface area contributed by atoms with Gasteiger partial charge in [0.25, 0.3) is 5.91 Å². The number of hydrogen-bond acceptors (Lipinski definition) is 7. The van der Waals surface area contributed by atoms with Crippen LogP contribution < -0.4 is 4.90 Å². The van der Waals surface area contributed by atoms with E-state index in [9.17, 15) is 9.90 Å². The zero-order chi connectivity index (χ0) is 17.2. The number of likely N-dealkylation sites (N-methyl/N-ethyl adjacent to an activating group) is 1. The second kappa shape index (κ2) is 6.56. The molecule has 2 aromatic heterocycles. The van der Waals surface area contributed by atoms with Gasteiger partial charge in [0.05, 0.1) is 18.3 Å². The van der Waals surface area contributed by atoms with Gasteiger partial charge in [-0.05, 0) is 19.8 Å². The summed E-state index contributed by atoms with van der Waals surface area (Å²) in [7, 11) is 1.65. The van der Waals surface area contributed by atoms with Gasteiger partial charge in [0.1, 0.15) is 12.1 Å². The number of carbonyl (C=O) groups is 1. The lowest BCUT2D eigenvalue weighted by Crippen LogP contribution is -2.54. The van der Waals surface area contributed by atoms with Crippen LogP contribution in [0.1, 0.15) is 29.1 Å². The van der Waals surface area contributed by atoms with E-state index in [-0.39, 0.29) is 18.2 Å². The van der Waals surface area contributed by atoms with Crippen LogP contribution in [0.15, 0.2) is 29.2 Å². The Morgan fingerprint density at radius 3 is 3.04 bits per heavy atom. The van der Waals surface area contributed by atoms with Crippen molar-refractivity contribution >= 4 is 11.7 Å². The lowest BCUT2D eigenvalue weighted by Gasteiger charge is -2.41. The van der Waals surface area contributed by atoms with E-state index in [4.69, 9.17) is 4.52 Å². The number of aryl methyl sites for hydroxylation is 1. The molecule has 1 amide bonds. The number of anilines is 1. The van der Waals surface area contributed by atoms with Gasteiger partial charge in [-0.1, -0.05) is 5.16 Å². The van der Waals surface area contributed by atoms with Gasteiger partial charge in [0, 0.05) is 38.0 Å². The third-order valence-electron chi connectivity index (χ3n) is 4.20. The van der Waals surface area contributed by atoms with Crippen molar-refractivity contribution < 1.29 is 14.4 Å². The predicted octanol–water partition coefficient (Wildman–Crippen LogP) is 0.877. The van der Waals surface area contributed by atoms with Crippen molar-refractivity contribution in [3.8, 4) is 0 Å². The van der Waals surface area contributed by atoms with Crippen molar-refractivity contribution in [3.63, 3.8) is 0 Å². The van der Waals surface area contributed by atoms with E-state index in [1.807, 2.05) is 17.9 Å². The SMILES string of the molecule is Cc1cc(N2CCCC(O)(CN(C)C(=O)c3ccno3)C2)ncn1. The van der Waals surface area contributed by atoms with Crippen molar-refractivity contribution in [2.24, 2.45) is 0 Å². The molecule has 8 nitrogen and oxygen atoms in total. The van der Waals surface area contributed by atoms with Gasteiger partial charge in [-0.25, -0.2) is 9.97 Å². The summed E-state index contributed by atoms with van der Waals surface area (Å²) in [6, 6.07) is 3.41. The molecule has 0 aromatic carbocycles. The maximum absolute atomic E-state index is 12.3. The highest BCUT2D eigenvalue weighted by atomic mass is 16.5. The summed E-state index contributed by atoms with van der Waals surface area (Å²) in [5, 5.41) is 14.5. The Hall–Kier alpha value is -2.48. The van der Waals surface area contributed by atoms with Crippen molar-refractivity contribution in [2.45, 2.75) is 25.4 Å². The molecule has 1 unspecified atom stereocenters. The first-order chi connectivity index (χ1) is 11.5. The molecule has 1 saturated heterocycles. The molecule has 3 rings (SSSR count). The summed E-state index contributed by atoms with van der Waals surface area (Å²) in [4.78, 5) is 24.2. The van der Waals surface area contributed by atoms with Crippen LogP contribution in [0.4, 0.5) is 5.82 Å². The number of amides is 1. The van der Waals surface area contributed by atoms with Gasteiger partial charge in [-0.3, -0.25) is 4.79 Å². The summed E-state index contributed by atoms with van der Waals surface area (Å²) in [5.74, 6) is 0.668. The van der Waals surface area contributed by atoms with Crippen LogP contribution in [0.25, 0.3) is 0 Å². The van der Waals surface area contributed by atoms with Crippen LogP contribution in [0, 0.1) is 6.92 Å². The van der Waals surface area contributed by atoms with Gasteiger partial charge >= 0.3 is 0 Å². The molecule has 0 bridgehead atoms. The molecule has 1 N–H and O–H groups in total. The highest BCUT2D eigenvalue weighted by molar-refractivity contribution is 5.91. The summed E-state index contributed by atoms with van der Waals surface area (Å²) >= 11 is 0. The molecule has 24 heavy (non-hydrogen) atoms. The number of piperidine rings is 1. The summed E-state index contributed by atoms with van der Waals surface area (Å²) < 4.78 is 4.89. The molecule has 0 aliphatic carbocycles. The molecule has 0 spiro atoms. The molecule has 2 aromatic rings. The average Bonchev–Trinajstić information content (AvgIpc) is 3.08. The molecule has 1 atom stereocenters. The second-order valence-electron chi connectivity index (χ2n) is 6.30. The maximum atomic E-state index is 12.3. The Labute approximate surface area is 140 Å². The summed E-state index contributed by atoms with van der Waals surface area (Å²) in [6.45, 7) is 3.36. The Balaban J connectivity index is 1.69. The number of hydrogen-bond donors (Lipinski definition) is 1. The molecule has 8 heteroatoms. The zero-order valence-electron chi connectivity index (χ0n) is 13.8. The van der Waals surface area contributed by atoms with E-state index >= 15 is 0 Å². The zero-order valence-corrected chi connectivity index (χ0v) is 13.8. The molecular weight excluding hydrogens is 310 g/mol. The van der Waals surface area contributed by atoms with Gasteiger partial charge in [-0.15, -0.1) is 0 Å². The van der Waals surface area contributed by atoms with Gasteiger partial charge in [0.2, 0.25) is 5.76 Å². The number of aromatic nitrogens is 3. The minimum Gasteiger partial charge on any atom is -0.386 e. The van der Waals surface area contributed by atoms with Crippen LogP contribution >= 0.6 is 0 Å². The van der Waals surface area contributed by atoms with Crippen molar-refractivity contribution in [1.29, 1.82) is 0 Å². The van der Waals surface area contributed by atoms with Gasteiger partial charge < -0.3 is 19.4 Å². The minimum absolute atomic E-state index is 0.167. The monoisotopic (exact) mass is 331 g/mol. The van der Waals surface area contributed by atoms with E-state index in [2.05, 4.69) is 15.1 Å². The first-order valence-electron chi connectivity index (χ1n) is 7.89. The standard InChI is InChI=1S/C16H21N5O3/c1-12-8-14(18-11-17-12)21-7-3-5-16(23,10-21)9-20(2)15(22)13-4-6-19-24-13/h4,6,8,11,23H,3,5,7,9-10H2,1-2H3. The van der Waals surface area contributed by atoms with Gasteiger partial charge in [0.15, 0.2) is 0 Å². The van der Waals surface area contributed by atoms with Crippen LogP contribution in [0.2, 0.25) is 0 Å². The maximum Gasteiger partial charge on any atom is 0.292 e. The van der Waals surface area contributed by atoms with Crippen molar-refractivity contribution in [1.82, 2.24) is 20.0 Å². The summed E-state index contributed by atoms with van der Waals surface area (Å²) in [6.07, 6.45) is 4.40. The molecule has 1 aliphatic rings. The fourth-order valence-electron chi connectivity index (χ4n) is 3.08. The smallest absolute Gasteiger partial charge is 0.292 e. The van der Waals surface area contributed by atoms with E-state index in [0.29, 0.717) is 13.0 Å². The van der Waals surface area contributed by atoms with Gasteiger partial charge in [-0.2, -0.15) is 0 Å². The molecular formula is C16H21N5O3. The number of nitrogens with zero attached hydrogens (tertiary/aromatic N) is 5. The molecule has 1 aliphatic heterocycles. The largest absolute Gasteiger partial charge is 0.386 e. The van der Waals surface area contributed by atoms with Crippen LogP contribution in [-0.2, 0) is 0 Å². The Kier molecular flexibility index (Phi) is 4.48. The molecule has 0 saturated carbocycles. The quantitative estimate of drug-likeness (QED) is 0.888. The molecule has 128 valence electrons. The van der Waals surface area contributed by atoms with Crippen LogP contribution in [0.3, 0.4) is 0 Å². The van der Waals surface area contributed by atoms with Crippen molar-refractivity contribution in [3.05, 3.63) is 36.1 Å². The Morgan fingerprint density at radius 1 is 1.50 bits per heavy atom. The lowest BCUT2D eigenvalue weighted by molar-refractivity contribution is -0.00107. The van der Waals surface area contributed by atoms with E-state index in [0.717, 1.165) is 24.5 Å². The Bertz CT molecular complexity index is 705. The highest BCUT2D eigenvalue weighted by Gasteiger charge is 2.36. The third-order valence-corrected chi connectivity index (χ3v) is 4.20. The third kappa shape index (κ3) is 3.53. The van der Waals surface area contributed by atoms with E-state index in [1.54, 1.807) is 7.05 Å². The first-order valence-corrected chi connectivity index (χ1v) is 7.89. The van der Waals surface area contributed by atoms with E-state index in [1.165, 1.54) is 23.5 Å². The average molecular weight is 331 g/mol. The number of β-amino-alcohol motifs (C(OH)–C–C–N with tert-alkyl or cyclic N) is 1.